The fourth-order valence-corrected chi connectivity index (χ4v) is 8.24. The van der Waals surface area contributed by atoms with Gasteiger partial charge in [-0.25, -0.2) is 18.7 Å². The van der Waals surface area contributed by atoms with Crippen LogP contribution in [-0.4, -0.2) is 115 Å². The highest BCUT2D eigenvalue weighted by molar-refractivity contribution is 7.51. The summed E-state index contributed by atoms with van der Waals surface area (Å²) in [4.78, 5) is 85.4. The summed E-state index contributed by atoms with van der Waals surface area (Å²) in [6, 6.07) is 3.91. The van der Waals surface area contributed by atoms with Crippen molar-refractivity contribution in [3.63, 3.8) is 0 Å². The molecule has 3 saturated heterocycles. The van der Waals surface area contributed by atoms with Gasteiger partial charge in [0.15, 0.2) is 0 Å². The number of halogens is 2. The molecular formula is C31H36F2N7O7PS. The van der Waals surface area contributed by atoms with Gasteiger partial charge in [0.25, 0.3) is 5.91 Å². The molecular weight excluding hydrogens is 683 g/mol. The van der Waals surface area contributed by atoms with Gasteiger partial charge in [0.2, 0.25) is 23.6 Å². The Kier molecular flexibility index (Phi) is 10.1. The number of aromatic nitrogens is 2. The van der Waals surface area contributed by atoms with E-state index in [1.807, 2.05) is 4.90 Å². The molecule has 0 aliphatic carbocycles. The van der Waals surface area contributed by atoms with Crippen molar-refractivity contribution in [2.45, 2.75) is 69.0 Å². The minimum atomic E-state index is -5.04. The first-order valence-electron chi connectivity index (χ1n) is 15.8. The van der Waals surface area contributed by atoms with Gasteiger partial charge < -0.3 is 30.2 Å². The molecule has 0 saturated carbocycles. The molecule has 0 radical (unpaired) electrons. The Morgan fingerprint density at radius 1 is 1.08 bits per heavy atom. The molecule has 18 heteroatoms. The number of carbonyl (C=O) groups is 4. The van der Waals surface area contributed by atoms with Crippen LogP contribution in [0.4, 0.5) is 8.78 Å². The zero-order valence-electron chi connectivity index (χ0n) is 26.4. The molecule has 6 atom stereocenters. The first kappa shape index (κ1) is 35.0. The Morgan fingerprint density at radius 2 is 1.84 bits per heavy atom. The molecule has 4 amide bonds. The maximum atomic E-state index is 14.7. The number of nitrogens with one attached hydrogen (secondary N) is 2. The van der Waals surface area contributed by atoms with Crippen LogP contribution in [0.25, 0.3) is 10.1 Å². The molecule has 0 spiro atoms. The predicted octanol–water partition coefficient (Wildman–Crippen LogP) is 1.89. The van der Waals surface area contributed by atoms with E-state index in [-0.39, 0.29) is 42.0 Å². The lowest BCUT2D eigenvalue weighted by atomic mass is 10.1. The average Bonchev–Trinajstić information content (AvgIpc) is 3.78. The largest absolute Gasteiger partial charge is 0.363 e. The molecule has 4 N–H and O–H groups in total. The molecule has 0 bridgehead atoms. The minimum Gasteiger partial charge on any atom is -0.347 e. The summed E-state index contributed by atoms with van der Waals surface area (Å²) in [5.74, 6) is -3.88. The van der Waals surface area contributed by atoms with Crippen LogP contribution in [0.1, 0.15) is 53.2 Å². The smallest absolute Gasteiger partial charge is 0.347 e. The lowest BCUT2D eigenvalue weighted by Crippen LogP contribution is -2.61. The molecule has 5 heterocycles. The topological polar surface area (TPSA) is 185 Å². The molecule has 3 aromatic rings. The normalized spacial score (nSPS) is 25.5. The number of fused-ring (bicyclic) bond motifs is 2. The fraction of sp³-hybridized carbons (Fsp3) is 0.484. The first-order chi connectivity index (χ1) is 23.3. The summed E-state index contributed by atoms with van der Waals surface area (Å²) < 4.78 is 41.2. The standard InChI is InChI=1S/C31H36F2N7O7PS/c1-17(41)39-13-21(32)22(15-39)36-29(42)24-5-4-20-7-10-38(16-27-34-8-2-9-35-27)14-23(31(44)40(20)24)37-30(43)26-12-19-11-18(3-6-25(19)49-26)28(33)48(45,46)47/h2-3,6,8-9,11-12,20-24,28H,4-5,7,10,13-16H2,1H3,(H,36,42)(H,37,43)(H2,45,46,47)/t20-,21+,22+,23+,24+,28?/m1/s1. The lowest BCUT2D eigenvalue weighted by molar-refractivity contribution is -0.143. The van der Waals surface area contributed by atoms with Gasteiger partial charge in [-0.1, -0.05) is 6.07 Å². The zero-order chi connectivity index (χ0) is 35.0. The summed E-state index contributed by atoms with van der Waals surface area (Å²) in [5, 5.41) is 5.94. The number of benzene rings is 1. The summed E-state index contributed by atoms with van der Waals surface area (Å²) in [7, 11) is -5.04. The number of amides is 4. The highest BCUT2D eigenvalue weighted by Crippen LogP contribution is 2.53. The average molecular weight is 720 g/mol. The third kappa shape index (κ3) is 7.65. The van der Waals surface area contributed by atoms with Gasteiger partial charge >= 0.3 is 7.60 Å². The van der Waals surface area contributed by atoms with E-state index in [1.165, 1.54) is 41.0 Å². The fourth-order valence-electron chi connectivity index (χ4n) is 6.74. The van der Waals surface area contributed by atoms with Crippen LogP contribution in [0.2, 0.25) is 0 Å². The lowest BCUT2D eigenvalue weighted by Gasteiger charge is -2.38. The molecule has 3 aliphatic rings. The number of alkyl halides is 2. The van der Waals surface area contributed by atoms with Gasteiger partial charge in [-0.15, -0.1) is 11.3 Å². The van der Waals surface area contributed by atoms with Crippen LogP contribution in [0.15, 0.2) is 42.7 Å². The number of hydrogen-bond donors (Lipinski definition) is 4. The molecule has 1 unspecified atom stereocenters. The van der Waals surface area contributed by atoms with Crippen LogP contribution in [0.5, 0.6) is 0 Å². The molecule has 1 aromatic carbocycles. The van der Waals surface area contributed by atoms with Gasteiger partial charge in [0, 0.05) is 49.7 Å². The summed E-state index contributed by atoms with van der Waals surface area (Å²) in [6.45, 7) is 2.13. The summed E-state index contributed by atoms with van der Waals surface area (Å²) in [6.07, 6.45) is 3.18. The zero-order valence-corrected chi connectivity index (χ0v) is 28.2. The highest BCUT2D eigenvalue weighted by Gasteiger charge is 2.46. The molecule has 3 fully saturated rings. The van der Waals surface area contributed by atoms with Crippen LogP contribution < -0.4 is 10.6 Å². The van der Waals surface area contributed by atoms with E-state index in [0.717, 1.165) is 11.3 Å². The predicted molar refractivity (Wildman–Crippen MR) is 174 cm³/mol. The second-order valence-corrected chi connectivity index (χ2v) is 15.3. The Labute approximate surface area is 284 Å². The number of carbonyl (C=O) groups excluding carboxylic acids is 4. The second kappa shape index (κ2) is 14.2. The molecule has 14 nitrogen and oxygen atoms in total. The molecule has 49 heavy (non-hydrogen) atoms. The van der Waals surface area contributed by atoms with Crippen molar-refractivity contribution < 1.29 is 42.3 Å². The molecule has 3 aliphatic heterocycles. The van der Waals surface area contributed by atoms with E-state index in [4.69, 9.17) is 0 Å². The van der Waals surface area contributed by atoms with E-state index in [1.54, 1.807) is 18.5 Å². The minimum absolute atomic E-state index is 0.0312. The number of likely N-dealkylation sites (tertiary alicyclic amines) is 1. The second-order valence-electron chi connectivity index (χ2n) is 12.6. The SMILES string of the molecule is CC(=O)N1C[C@H](NC(=O)[C@@H]2CC[C@@H]3CCN(Cc4ncccn4)C[C@H](NC(=O)c4cc5cc(C(F)P(=O)(O)O)ccc5s4)C(=O)N32)[C@@H](F)C1. The van der Waals surface area contributed by atoms with E-state index in [2.05, 4.69) is 20.6 Å². The van der Waals surface area contributed by atoms with Gasteiger partial charge in [-0.2, -0.15) is 0 Å². The molecule has 6 rings (SSSR count). The van der Waals surface area contributed by atoms with Crippen LogP contribution in [0, 0.1) is 0 Å². The van der Waals surface area contributed by atoms with E-state index >= 15 is 0 Å². The van der Waals surface area contributed by atoms with Crippen LogP contribution in [-0.2, 0) is 25.5 Å². The van der Waals surface area contributed by atoms with Gasteiger partial charge in [-0.05, 0) is 54.5 Å². The van der Waals surface area contributed by atoms with Gasteiger partial charge in [-0.3, -0.25) is 28.6 Å². The highest BCUT2D eigenvalue weighted by atomic mass is 32.1. The number of nitrogens with zero attached hydrogens (tertiary/aromatic N) is 5. The van der Waals surface area contributed by atoms with Crippen molar-refractivity contribution in [3.05, 3.63) is 59.0 Å². The Hall–Kier alpha value is -3.89. The molecule has 262 valence electrons. The van der Waals surface area contributed by atoms with Crippen LogP contribution >= 0.6 is 18.9 Å². The van der Waals surface area contributed by atoms with Crippen molar-refractivity contribution in [2.24, 2.45) is 0 Å². The summed E-state index contributed by atoms with van der Waals surface area (Å²) >= 11 is 1.07. The first-order valence-corrected chi connectivity index (χ1v) is 18.3. The Balaban J connectivity index is 1.24. The molecule has 2 aromatic heterocycles. The van der Waals surface area contributed by atoms with E-state index < -0.39 is 55.5 Å². The van der Waals surface area contributed by atoms with Crippen molar-refractivity contribution in [1.29, 1.82) is 0 Å². The third-order valence-corrected chi connectivity index (χ3v) is 11.2. The summed E-state index contributed by atoms with van der Waals surface area (Å²) in [5.41, 5.74) is -0.227. The van der Waals surface area contributed by atoms with E-state index in [9.17, 15) is 42.3 Å². The maximum Gasteiger partial charge on any atom is 0.363 e. The van der Waals surface area contributed by atoms with Crippen molar-refractivity contribution in [3.8, 4) is 0 Å². The van der Waals surface area contributed by atoms with Crippen molar-refractivity contribution in [1.82, 2.24) is 35.3 Å². The number of hydrogen-bond acceptors (Lipinski definition) is 9. The van der Waals surface area contributed by atoms with Crippen LogP contribution in [0.3, 0.4) is 0 Å². The van der Waals surface area contributed by atoms with Gasteiger partial charge in [0.1, 0.15) is 24.1 Å². The van der Waals surface area contributed by atoms with Crippen molar-refractivity contribution in [2.75, 3.05) is 26.2 Å². The monoisotopic (exact) mass is 719 g/mol. The quantitative estimate of drug-likeness (QED) is 0.251. The number of thiophene rings is 1. The van der Waals surface area contributed by atoms with Gasteiger partial charge in [0.05, 0.1) is 24.0 Å². The maximum absolute atomic E-state index is 14.7. The van der Waals surface area contributed by atoms with E-state index in [0.29, 0.717) is 48.3 Å². The Bertz CT molecular complexity index is 1800. The third-order valence-electron chi connectivity index (χ3n) is 9.22. The number of rotatable bonds is 8. The Morgan fingerprint density at radius 3 is 2.53 bits per heavy atom. The van der Waals surface area contributed by atoms with Crippen molar-refractivity contribution >= 4 is 52.6 Å².